The standard InChI is InChI=1S/C52H59F10N11O8/c1-49(2,51(57,58)59)41(67-47(77)79-5)43(75)66-39(15-29-10-7-28(8-11-29)9-12-30-18-63-46(64-19-30)70-22-33-13-14-34(23-70)73(33)35-26-81-27-35)40(74)25-71(69-44(76)42(68-48(78)80-6)50(3,4)52(60,61)62)24-36-37(53)16-31(17-38(36)54)32-20-65-72(21-32)45(55)56/h7-8,10-11,16-21,33-35,39-42,45,74H,13-15,22-27H2,1-6H3,(H,66,75)(H,67,77)(H,68,78)(H,69,76)/t33?,34?,39-,40-,41+,42+/m0/s1. The maximum Gasteiger partial charge on any atom is 0.407 e. The van der Waals surface area contributed by atoms with Crippen LogP contribution in [0.15, 0.2) is 61.2 Å². The molecule has 6 atom stereocenters. The van der Waals surface area contributed by atoms with E-state index in [2.05, 4.69) is 51.5 Å². The number of aliphatic hydroxyl groups is 1. The van der Waals surface area contributed by atoms with Gasteiger partial charge >= 0.3 is 31.1 Å². The summed E-state index contributed by atoms with van der Waals surface area (Å²) in [6.07, 6.45) is -9.07. The van der Waals surface area contributed by atoms with Crippen LogP contribution >= 0.6 is 0 Å². The first kappa shape index (κ1) is 61.3. The summed E-state index contributed by atoms with van der Waals surface area (Å²) in [5, 5.41) is 21.9. The fourth-order valence-electron chi connectivity index (χ4n) is 9.57. The molecule has 3 aliphatic rings. The number of piperazine rings is 1. The van der Waals surface area contributed by atoms with Crippen molar-refractivity contribution in [3.8, 4) is 23.0 Å². The number of anilines is 1. The number of alkyl carbamates (subject to hydrolysis) is 2. The van der Waals surface area contributed by atoms with E-state index in [9.17, 15) is 59.4 Å². The quantitative estimate of drug-likeness (QED) is 0.0413. The van der Waals surface area contributed by atoms with Crippen LogP contribution < -0.4 is 26.3 Å². The van der Waals surface area contributed by atoms with Crippen molar-refractivity contribution in [2.24, 2.45) is 10.8 Å². The number of halogens is 10. The molecular formula is C52H59F10N11O8. The molecule has 19 nitrogen and oxygen atoms in total. The number of hydrazine groups is 1. The van der Waals surface area contributed by atoms with Crippen LogP contribution in [0.1, 0.15) is 69.3 Å². The van der Waals surface area contributed by atoms with Gasteiger partial charge in [0.05, 0.1) is 68.2 Å². The molecule has 0 spiro atoms. The minimum Gasteiger partial charge on any atom is -0.453 e. The highest BCUT2D eigenvalue weighted by Gasteiger charge is 2.57. The smallest absolute Gasteiger partial charge is 0.407 e. The molecule has 0 saturated carbocycles. The Morgan fingerprint density at radius 1 is 0.765 bits per heavy atom. The average molecular weight is 1160 g/mol. The van der Waals surface area contributed by atoms with Crippen LogP contribution in [0.25, 0.3) is 11.1 Å². The zero-order valence-electron chi connectivity index (χ0n) is 44.5. The molecule has 81 heavy (non-hydrogen) atoms. The van der Waals surface area contributed by atoms with Crippen LogP contribution in [-0.4, -0.2) is 161 Å². The van der Waals surface area contributed by atoms with E-state index >= 15 is 8.78 Å². The largest absolute Gasteiger partial charge is 0.453 e. The maximum absolute atomic E-state index is 16.1. The van der Waals surface area contributed by atoms with E-state index in [-0.39, 0.29) is 21.4 Å². The van der Waals surface area contributed by atoms with Crippen molar-refractivity contribution in [1.82, 2.24) is 51.0 Å². The van der Waals surface area contributed by atoms with E-state index < -0.39 is 115 Å². The normalized spacial score (nSPS) is 18.5. The Bertz CT molecular complexity index is 2910. The van der Waals surface area contributed by atoms with Crippen molar-refractivity contribution in [2.75, 3.05) is 52.0 Å². The second-order valence-electron chi connectivity index (χ2n) is 20.9. The number of hydrogen-bond donors (Lipinski definition) is 5. The Labute approximate surface area is 458 Å². The number of nitrogens with one attached hydrogen (secondary N) is 4. The predicted octanol–water partition coefficient (Wildman–Crippen LogP) is 6.01. The van der Waals surface area contributed by atoms with Crippen LogP contribution in [-0.2, 0) is 36.8 Å². The van der Waals surface area contributed by atoms with Crippen LogP contribution in [0.2, 0.25) is 0 Å². The third-order valence-electron chi connectivity index (χ3n) is 14.7. The van der Waals surface area contributed by atoms with Crippen LogP contribution in [0.4, 0.5) is 59.4 Å². The number of amides is 4. The third kappa shape index (κ3) is 14.3. The summed E-state index contributed by atoms with van der Waals surface area (Å²) in [6, 6.07) is 1.73. The van der Waals surface area contributed by atoms with Gasteiger partial charge in [0, 0.05) is 73.5 Å². The lowest BCUT2D eigenvalue weighted by molar-refractivity contribution is -0.221. The number of nitrogens with zero attached hydrogens (tertiary/aromatic N) is 7. The van der Waals surface area contributed by atoms with Crippen molar-refractivity contribution in [3.63, 3.8) is 0 Å². The molecule has 3 fully saturated rings. The van der Waals surface area contributed by atoms with Gasteiger partial charge in [-0.3, -0.25) is 19.9 Å². The van der Waals surface area contributed by atoms with Crippen molar-refractivity contribution >= 4 is 29.9 Å². The molecule has 2 aromatic heterocycles. The Morgan fingerprint density at radius 2 is 1.30 bits per heavy atom. The van der Waals surface area contributed by atoms with Gasteiger partial charge in [-0.1, -0.05) is 24.0 Å². The SMILES string of the molecule is COC(=O)N[C@H](C(=O)N[C@@H](Cc1ccc(C#Cc2cnc(N3CC4CCC(C3)N4C3COC3)nc2)cc1)[C@@H](O)CN(Cc1c(F)cc(-c2cnn(C(F)F)c2)cc1F)NC(=O)[C@@H](NC(=O)OC)C(C)(C)C(F)(F)F)C(C)(C)C(F)(F)F. The van der Waals surface area contributed by atoms with Gasteiger partial charge < -0.3 is 40.2 Å². The lowest BCUT2D eigenvalue weighted by Gasteiger charge is -2.47. The number of aromatic nitrogens is 4. The number of benzene rings is 2. The van der Waals surface area contributed by atoms with Gasteiger partial charge in [0.2, 0.25) is 11.9 Å². The fraction of sp³-hybridized carbons (Fsp3) is 0.519. The van der Waals surface area contributed by atoms with Crippen molar-refractivity contribution in [3.05, 3.63) is 95.1 Å². The number of ether oxygens (including phenoxy) is 3. The molecule has 2 bridgehead atoms. The third-order valence-corrected chi connectivity index (χ3v) is 14.7. The van der Waals surface area contributed by atoms with E-state index in [0.29, 0.717) is 80.0 Å². The molecule has 5 heterocycles. The monoisotopic (exact) mass is 1160 g/mol. The maximum atomic E-state index is 16.1. The van der Waals surface area contributed by atoms with E-state index in [1.54, 1.807) is 17.7 Å². The molecule has 2 aromatic carbocycles. The number of carbonyl (C=O) groups is 4. The highest BCUT2D eigenvalue weighted by Crippen LogP contribution is 2.42. The first-order chi connectivity index (χ1) is 38.0. The van der Waals surface area contributed by atoms with Crippen LogP contribution in [0.3, 0.4) is 0 Å². The lowest BCUT2D eigenvalue weighted by atomic mass is 9.82. The zero-order chi connectivity index (χ0) is 59.4. The van der Waals surface area contributed by atoms with Crippen molar-refractivity contribution in [1.29, 1.82) is 0 Å². The summed E-state index contributed by atoms with van der Waals surface area (Å²) >= 11 is 0. The summed E-state index contributed by atoms with van der Waals surface area (Å²) in [4.78, 5) is 66.7. The molecule has 0 radical (unpaired) electrons. The number of alkyl halides is 8. The molecule has 2 unspecified atom stereocenters. The number of carbonyl (C=O) groups excluding carboxylic acids is 4. The molecule has 4 aromatic rings. The van der Waals surface area contributed by atoms with E-state index in [1.807, 2.05) is 10.7 Å². The summed E-state index contributed by atoms with van der Waals surface area (Å²) in [6.45, 7) is -0.131. The van der Waals surface area contributed by atoms with Crippen LogP contribution in [0.5, 0.6) is 0 Å². The highest BCUT2D eigenvalue weighted by atomic mass is 19.4. The molecule has 7 rings (SSSR count). The molecule has 4 amide bonds. The average Bonchev–Trinajstić information content (AvgIpc) is 3.98. The van der Waals surface area contributed by atoms with Gasteiger partial charge in [0.15, 0.2) is 0 Å². The molecule has 29 heteroatoms. The zero-order valence-corrected chi connectivity index (χ0v) is 44.5. The summed E-state index contributed by atoms with van der Waals surface area (Å²) in [7, 11) is 1.60. The van der Waals surface area contributed by atoms with Crippen molar-refractivity contribution in [2.45, 2.75) is 115 Å². The molecule has 440 valence electrons. The number of aliphatic hydroxyl groups excluding tert-OH is 1. The molecular weight excluding hydrogens is 1100 g/mol. The molecule has 3 aliphatic heterocycles. The van der Waals surface area contributed by atoms with E-state index in [1.165, 1.54) is 24.3 Å². The summed E-state index contributed by atoms with van der Waals surface area (Å²) < 4.78 is 161. The first-order valence-electron chi connectivity index (χ1n) is 25.2. The second kappa shape index (κ2) is 24.8. The Kier molecular flexibility index (Phi) is 18.8. The van der Waals surface area contributed by atoms with Gasteiger partial charge in [-0.2, -0.15) is 40.2 Å². The van der Waals surface area contributed by atoms with Gasteiger partial charge in [-0.05, 0) is 82.3 Å². The lowest BCUT2D eigenvalue weighted by Crippen LogP contribution is -2.63. The Balaban J connectivity index is 1.18. The van der Waals surface area contributed by atoms with Crippen LogP contribution in [0, 0.1) is 34.3 Å². The predicted molar refractivity (Wildman–Crippen MR) is 267 cm³/mol. The first-order valence-corrected chi connectivity index (χ1v) is 25.2. The fourth-order valence-corrected chi connectivity index (χ4v) is 9.57. The minimum absolute atomic E-state index is 0.176. The van der Waals surface area contributed by atoms with Gasteiger partial charge in [-0.15, -0.1) is 0 Å². The number of fused-ring (bicyclic) bond motifs is 2. The van der Waals surface area contributed by atoms with Crippen molar-refractivity contribution < 1.29 is 82.4 Å². The topological polar surface area (TPSA) is 218 Å². The number of hydrogen-bond acceptors (Lipinski definition) is 14. The Hall–Kier alpha value is -7.29. The second-order valence-corrected chi connectivity index (χ2v) is 20.9. The highest BCUT2D eigenvalue weighted by molar-refractivity contribution is 5.87. The number of rotatable bonds is 19. The summed E-state index contributed by atoms with van der Waals surface area (Å²) in [5.41, 5.74) is -4.39. The summed E-state index contributed by atoms with van der Waals surface area (Å²) in [5.74, 6) is 0.444. The van der Waals surface area contributed by atoms with E-state index in [0.717, 1.165) is 65.8 Å². The number of methoxy groups -OCH3 is 2. The van der Waals surface area contributed by atoms with Gasteiger partial charge in [0.25, 0.3) is 5.91 Å². The minimum atomic E-state index is -5.23. The Morgan fingerprint density at radius 3 is 1.78 bits per heavy atom. The van der Waals surface area contributed by atoms with E-state index in [4.69, 9.17) is 4.74 Å². The molecule has 3 saturated heterocycles. The molecule has 5 N–H and O–H groups in total. The molecule has 0 aliphatic carbocycles. The van der Waals surface area contributed by atoms with Gasteiger partial charge in [0.1, 0.15) is 23.7 Å². The van der Waals surface area contributed by atoms with Gasteiger partial charge in [-0.25, -0.2) is 38.0 Å².